The van der Waals surface area contributed by atoms with Crippen LogP contribution in [0.3, 0.4) is 0 Å². The number of rotatable bonds is 3. The van der Waals surface area contributed by atoms with Crippen molar-refractivity contribution < 1.29 is 14.7 Å². The third-order valence-electron chi connectivity index (χ3n) is 4.14. The van der Waals surface area contributed by atoms with Gasteiger partial charge in [0.25, 0.3) is 0 Å². The fourth-order valence-electron chi connectivity index (χ4n) is 3.25. The lowest BCUT2D eigenvalue weighted by Gasteiger charge is -2.48. The molecule has 1 saturated carbocycles. The Bertz CT molecular complexity index is 316. The Morgan fingerprint density at radius 2 is 2.00 bits per heavy atom. The molecule has 98 valence electrons. The summed E-state index contributed by atoms with van der Waals surface area (Å²) in [6.07, 6.45) is 2.31. The van der Waals surface area contributed by atoms with Crippen molar-refractivity contribution in [3.05, 3.63) is 0 Å². The fraction of sp³-hybridized carbons (Fsp3) is 0.846. The van der Waals surface area contributed by atoms with Gasteiger partial charge in [0.05, 0.1) is 0 Å². The van der Waals surface area contributed by atoms with E-state index in [2.05, 4.69) is 6.92 Å². The summed E-state index contributed by atoms with van der Waals surface area (Å²) in [6, 6.07) is 0. The van der Waals surface area contributed by atoms with E-state index in [1.807, 2.05) is 13.8 Å². The largest absolute Gasteiger partial charge is 0.479 e. The Morgan fingerprint density at radius 1 is 1.41 bits per heavy atom. The van der Waals surface area contributed by atoms with Crippen LogP contribution in [-0.2, 0) is 9.59 Å². The maximum atomic E-state index is 11.7. The maximum Gasteiger partial charge on any atom is 0.329 e. The number of carbonyl (C=O) groups excluding carboxylic acids is 1. The van der Waals surface area contributed by atoms with Gasteiger partial charge in [-0.3, -0.25) is 4.79 Å². The van der Waals surface area contributed by atoms with Gasteiger partial charge in [0, 0.05) is 13.5 Å². The molecule has 1 aliphatic rings. The van der Waals surface area contributed by atoms with Gasteiger partial charge in [-0.05, 0) is 38.0 Å². The molecule has 0 radical (unpaired) electrons. The molecule has 1 aliphatic carbocycles. The number of hydrogen-bond donors (Lipinski definition) is 1. The SMILES string of the molecule is CCN(C(C)=O)C1(C(=O)O)CCC(C)CC1C. The molecule has 17 heavy (non-hydrogen) atoms. The third-order valence-corrected chi connectivity index (χ3v) is 4.14. The van der Waals surface area contributed by atoms with E-state index in [1.165, 1.54) is 11.8 Å². The first-order valence-electron chi connectivity index (χ1n) is 6.37. The Hall–Kier alpha value is -1.06. The number of aliphatic carboxylic acids is 1. The van der Waals surface area contributed by atoms with E-state index in [4.69, 9.17) is 0 Å². The summed E-state index contributed by atoms with van der Waals surface area (Å²) >= 11 is 0. The number of likely N-dealkylation sites (N-methyl/N-ethyl adjacent to an activating group) is 1. The Morgan fingerprint density at radius 3 is 2.35 bits per heavy atom. The van der Waals surface area contributed by atoms with Crippen LogP contribution in [0.15, 0.2) is 0 Å². The van der Waals surface area contributed by atoms with Gasteiger partial charge in [-0.25, -0.2) is 4.79 Å². The number of carboxylic acid groups (broad SMARTS) is 1. The molecule has 1 rings (SSSR count). The molecule has 0 bridgehead atoms. The van der Waals surface area contributed by atoms with Crippen LogP contribution in [0.5, 0.6) is 0 Å². The summed E-state index contributed by atoms with van der Waals surface area (Å²) in [6.45, 7) is 7.86. The minimum Gasteiger partial charge on any atom is -0.479 e. The van der Waals surface area contributed by atoms with Gasteiger partial charge < -0.3 is 10.0 Å². The molecule has 1 amide bonds. The van der Waals surface area contributed by atoms with E-state index in [0.29, 0.717) is 18.9 Å². The molecule has 3 atom stereocenters. The van der Waals surface area contributed by atoms with Crippen LogP contribution < -0.4 is 0 Å². The van der Waals surface area contributed by atoms with Crippen molar-refractivity contribution in [1.82, 2.24) is 4.90 Å². The fourth-order valence-corrected chi connectivity index (χ4v) is 3.25. The van der Waals surface area contributed by atoms with Gasteiger partial charge in [0.2, 0.25) is 5.91 Å². The monoisotopic (exact) mass is 241 g/mol. The molecule has 0 aromatic rings. The highest BCUT2D eigenvalue weighted by molar-refractivity contribution is 5.86. The minimum atomic E-state index is -0.993. The first kappa shape index (κ1) is 14.0. The van der Waals surface area contributed by atoms with Crippen LogP contribution in [0.1, 0.15) is 47.0 Å². The molecule has 0 aromatic heterocycles. The van der Waals surface area contributed by atoms with Crippen LogP contribution in [0.4, 0.5) is 0 Å². The first-order chi connectivity index (χ1) is 7.86. The average molecular weight is 241 g/mol. The summed E-state index contributed by atoms with van der Waals surface area (Å²) < 4.78 is 0. The molecule has 1 fully saturated rings. The predicted octanol–water partition coefficient (Wildman–Crippen LogP) is 2.13. The van der Waals surface area contributed by atoms with Crippen LogP contribution in [0.25, 0.3) is 0 Å². The highest BCUT2D eigenvalue weighted by atomic mass is 16.4. The molecule has 3 unspecified atom stereocenters. The number of carboxylic acids is 1. The van der Waals surface area contributed by atoms with Gasteiger partial charge in [0.1, 0.15) is 5.54 Å². The van der Waals surface area contributed by atoms with E-state index in [1.54, 1.807) is 0 Å². The third kappa shape index (κ3) is 2.31. The number of carbonyl (C=O) groups is 2. The van der Waals surface area contributed by atoms with Crippen LogP contribution in [-0.4, -0.2) is 34.0 Å². The van der Waals surface area contributed by atoms with E-state index < -0.39 is 11.5 Å². The van der Waals surface area contributed by atoms with Crippen molar-refractivity contribution in [2.75, 3.05) is 6.54 Å². The van der Waals surface area contributed by atoms with Crippen molar-refractivity contribution in [3.8, 4) is 0 Å². The second-order valence-electron chi connectivity index (χ2n) is 5.27. The zero-order valence-electron chi connectivity index (χ0n) is 11.2. The number of hydrogen-bond acceptors (Lipinski definition) is 2. The summed E-state index contributed by atoms with van der Waals surface area (Å²) in [5.41, 5.74) is -0.993. The normalized spacial score (nSPS) is 33.2. The summed E-state index contributed by atoms with van der Waals surface area (Å²) in [7, 11) is 0. The Balaban J connectivity index is 3.12. The van der Waals surface area contributed by atoms with Crippen molar-refractivity contribution in [2.45, 2.75) is 52.5 Å². The lowest BCUT2D eigenvalue weighted by atomic mass is 9.69. The molecule has 0 aromatic carbocycles. The molecule has 0 heterocycles. The average Bonchev–Trinajstić information content (AvgIpc) is 2.21. The van der Waals surface area contributed by atoms with Crippen molar-refractivity contribution in [2.24, 2.45) is 11.8 Å². The number of nitrogens with zero attached hydrogens (tertiary/aromatic N) is 1. The zero-order valence-corrected chi connectivity index (χ0v) is 11.2. The van der Waals surface area contributed by atoms with Gasteiger partial charge in [-0.1, -0.05) is 13.8 Å². The highest BCUT2D eigenvalue weighted by Crippen LogP contribution is 2.41. The van der Waals surface area contributed by atoms with Crippen LogP contribution in [0, 0.1) is 11.8 Å². The summed E-state index contributed by atoms with van der Waals surface area (Å²) in [4.78, 5) is 24.9. The molecule has 0 aliphatic heterocycles. The van der Waals surface area contributed by atoms with E-state index in [0.717, 1.165) is 12.8 Å². The molecule has 1 N–H and O–H groups in total. The first-order valence-corrected chi connectivity index (χ1v) is 6.37. The smallest absolute Gasteiger partial charge is 0.329 e. The molecule has 0 spiro atoms. The Labute approximate surface area is 103 Å². The van der Waals surface area contributed by atoms with E-state index in [-0.39, 0.29) is 11.8 Å². The van der Waals surface area contributed by atoms with Crippen molar-refractivity contribution in [1.29, 1.82) is 0 Å². The second-order valence-corrected chi connectivity index (χ2v) is 5.27. The van der Waals surface area contributed by atoms with Gasteiger partial charge in [-0.2, -0.15) is 0 Å². The van der Waals surface area contributed by atoms with Crippen LogP contribution in [0.2, 0.25) is 0 Å². The van der Waals surface area contributed by atoms with Gasteiger partial charge in [-0.15, -0.1) is 0 Å². The molecule has 4 nitrogen and oxygen atoms in total. The Kier molecular flexibility index (Phi) is 4.17. The number of amides is 1. The molecule has 4 heteroatoms. The quantitative estimate of drug-likeness (QED) is 0.823. The standard InChI is InChI=1S/C13H23NO3/c1-5-14(11(4)15)13(12(16)17)7-6-9(2)8-10(13)3/h9-10H,5-8H2,1-4H3,(H,16,17). The maximum absolute atomic E-state index is 11.7. The summed E-state index contributed by atoms with van der Waals surface area (Å²) in [5.74, 6) is -0.444. The minimum absolute atomic E-state index is 0.00704. The second kappa shape index (κ2) is 5.07. The highest BCUT2D eigenvalue weighted by Gasteiger charge is 2.51. The summed E-state index contributed by atoms with van der Waals surface area (Å²) in [5, 5.41) is 9.60. The van der Waals surface area contributed by atoms with Crippen molar-refractivity contribution >= 4 is 11.9 Å². The predicted molar refractivity (Wildman–Crippen MR) is 65.6 cm³/mol. The van der Waals surface area contributed by atoms with Crippen LogP contribution >= 0.6 is 0 Å². The molecule has 0 saturated heterocycles. The van der Waals surface area contributed by atoms with Crippen molar-refractivity contribution in [3.63, 3.8) is 0 Å². The topological polar surface area (TPSA) is 57.6 Å². The lowest BCUT2D eigenvalue weighted by Crippen LogP contribution is -2.62. The van der Waals surface area contributed by atoms with Gasteiger partial charge in [0.15, 0.2) is 0 Å². The molecular weight excluding hydrogens is 218 g/mol. The lowest BCUT2D eigenvalue weighted by molar-refractivity contribution is -0.166. The van der Waals surface area contributed by atoms with Gasteiger partial charge >= 0.3 is 5.97 Å². The van der Waals surface area contributed by atoms with E-state index >= 15 is 0 Å². The molecular formula is C13H23NO3. The van der Waals surface area contributed by atoms with E-state index in [9.17, 15) is 14.7 Å². The zero-order chi connectivity index (χ0) is 13.2.